The fourth-order valence-corrected chi connectivity index (χ4v) is 1.49. The van der Waals surface area contributed by atoms with Crippen LogP contribution in [0.1, 0.15) is 33.6 Å². The zero-order valence-electron chi connectivity index (χ0n) is 11.8. The van der Waals surface area contributed by atoms with Crippen LogP contribution in [0.4, 0.5) is 0 Å². The quantitative estimate of drug-likeness (QED) is 0.581. The first-order valence-electron chi connectivity index (χ1n) is 6.47. The summed E-state index contributed by atoms with van der Waals surface area (Å²) in [5.41, 5.74) is 0. The zero-order valence-corrected chi connectivity index (χ0v) is 11.8. The maximum absolute atomic E-state index is 5.01. The van der Waals surface area contributed by atoms with E-state index < -0.39 is 0 Å². The first kappa shape index (κ1) is 15.9. The van der Waals surface area contributed by atoms with Gasteiger partial charge in [-0.25, -0.2) is 0 Å². The second-order valence-electron chi connectivity index (χ2n) is 5.06. The van der Waals surface area contributed by atoms with E-state index in [-0.39, 0.29) is 0 Å². The van der Waals surface area contributed by atoms with E-state index in [0.29, 0.717) is 6.04 Å². The van der Waals surface area contributed by atoms with Crippen molar-refractivity contribution in [2.24, 2.45) is 5.92 Å². The molecule has 0 aliphatic carbocycles. The van der Waals surface area contributed by atoms with Gasteiger partial charge in [-0.1, -0.05) is 13.8 Å². The molecule has 0 aromatic rings. The van der Waals surface area contributed by atoms with Gasteiger partial charge in [0.15, 0.2) is 0 Å². The van der Waals surface area contributed by atoms with Gasteiger partial charge in [-0.15, -0.1) is 0 Å². The number of rotatable bonds is 10. The van der Waals surface area contributed by atoms with Crippen LogP contribution in [-0.4, -0.2) is 51.3 Å². The molecular weight excluding hydrogens is 200 g/mol. The third-order valence-corrected chi connectivity index (χ3v) is 2.95. The minimum absolute atomic E-state index is 0.612. The molecule has 0 aliphatic heterocycles. The maximum atomic E-state index is 5.01. The van der Waals surface area contributed by atoms with Gasteiger partial charge < -0.3 is 15.0 Å². The van der Waals surface area contributed by atoms with Gasteiger partial charge >= 0.3 is 0 Å². The fourth-order valence-electron chi connectivity index (χ4n) is 1.49. The highest BCUT2D eigenvalue weighted by atomic mass is 16.5. The number of ether oxygens (including phenoxy) is 1. The van der Waals surface area contributed by atoms with E-state index in [0.717, 1.165) is 32.0 Å². The van der Waals surface area contributed by atoms with Crippen LogP contribution >= 0.6 is 0 Å². The molecule has 0 bridgehead atoms. The molecule has 98 valence electrons. The topological polar surface area (TPSA) is 24.5 Å². The van der Waals surface area contributed by atoms with Crippen LogP contribution in [0, 0.1) is 5.92 Å². The largest absolute Gasteiger partial charge is 0.385 e. The van der Waals surface area contributed by atoms with Gasteiger partial charge in [0.2, 0.25) is 0 Å². The lowest BCUT2D eigenvalue weighted by molar-refractivity contribution is 0.191. The monoisotopic (exact) mass is 230 g/mol. The van der Waals surface area contributed by atoms with Crippen LogP contribution in [-0.2, 0) is 4.74 Å². The Morgan fingerprint density at radius 3 is 2.50 bits per heavy atom. The highest BCUT2D eigenvalue weighted by Crippen LogP contribution is 2.03. The summed E-state index contributed by atoms with van der Waals surface area (Å²) in [6.45, 7) is 11.0. The van der Waals surface area contributed by atoms with Crippen LogP contribution < -0.4 is 5.32 Å². The lowest BCUT2D eigenvalue weighted by Gasteiger charge is -2.25. The molecule has 3 heteroatoms. The Bertz CT molecular complexity index is 151. The Balaban J connectivity index is 3.43. The van der Waals surface area contributed by atoms with Crippen molar-refractivity contribution in [2.45, 2.75) is 39.7 Å². The SMILES string of the molecule is COCCCNCC(C)N(C)CCC(C)C. The molecule has 1 atom stereocenters. The van der Waals surface area contributed by atoms with E-state index in [4.69, 9.17) is 4.74 Å². The Morgan fingerprint density at radius 2 is 1.94 bits per heavy atom. The molecule has 0 fully saturated rings. The van der Waals surface area contributed by atoms with Crippen molar-refractivity contribution in [1.82, 2.24) is 10.2 Å². The van der Waals surface area contributed by atoms with Gasteiger partial charge in [0.25, 0.3) is 0 Å². The molecule has 0 aromatic carbocycles. The molecule has 0 heterocycles. The molecule has 0 saturated carbocycles. The van der Waals surface area contributed by atoms with E-state index in [1.165, 1.54) is 13.0 Å². The number of nitrogens with zero attached hydrogens (tertiary/aromatic N) is 1. The average Bonchev–Trinajstić information content (AvgIpc) is 2.25. The molecule has 0 saturated heterocycles. The third-order valence-electron chi connectivity index (χ3n) is 2.95. The van der Waals surface area contributed by atoms with Crippen molar-refractivity contribution in [3.05, 3.63) is 0 Å². The Morgan fingerprint density at radius 1 is 1.25 bits per heavy atom. The summed E-state index contributed by atoms with van der Waals surface area (Å²) in [5.74, 6) is 0.796. The van der Waals surface area contributed by atoms with Crippen molar-refractivity contribution in [3.8, 4) is 0 Å². The van der Waals surface area contributed by atoms with Crippen LogP contribution in [0.15, 0.2) is 0 Å². The van der Waals surface area contributed by atoms with Crippen molar-refractivity contribution in [3.63, 3.8) is 0 Å². The van der Waals surface area contributed by atoms with Crippen LogP contribution in [0.5, 0.6) is 0 Å². The summed E-state index contributed by atoms with van der Waals surface area (Å²) in [7, 11) is 3.96. The third kappa shape index (κ3) is 9.13. The standard InChI is InChI=1S/C13H30N2O/c1-12(2)7-9-15(4)13(3)11-14-8-6-10-16-5/h12-14H,6-11H2,1-5H3. The summed E-state index contributed by atoms with van der Waals surface area (Å²) < 4.78 is 5.01. The normalized spacial score (nSPS) is 13.7. The molecular formula is C13H30N2O. The second-order valence-corrected chi connectivity index (χ2v) is 5.06. The summed E-state index contributed by atoms with van der Waals surface area (Å²) >= 11 is 0. The fraction of sp³-hybridized carbons (Fsp3) is 1.00. The molecule has 0 rings (SSSR count). The molecule has 0 aliphatic rings. The van der Waals surface area contributed by atoms with E-state index in [1.807, 2.05) is 0 Å². The van der Waals surface area contributed by atoms with Gasteiger partial charge in [-0.2, -0.15) is 0 Å². The molecule has 16 heavy (non-hydrogen) atoms. The molecule has 1 unspecified atom stereocenters. The lowest BCUT2D eigenvalue weighted by Crippen LogP contribution is -2.39. The van der Waals surface area contributed by atoms with E-state index in [1.54, 1.807) is 7.11 Å². The first-order chi connectivity index (χ1) is 7.57. The molecule has 0 aromatic heterocycles. The summed E-state index contributed by atoms with van der Waals surface area (Å²) in [6, 6.07) is 0.612. The van der Waals surface area contributed by atoms with Crippen LogP contribution in [0.25, 0.3) is 0 Å². The van der Waals surface area contributed by atoms with Crippen LogP contribution in [0.2, 0.25) is 0 Å². The summed E-state index contributed by atoms with van der Waals surface area (Å²) in [6.07, 6.45) is 2.38. The van der Waals surface area contributed by atoms with Gasteiger partial charge in [-0.05, 0) is 45.8 Å². The molecule has 0 amide bonds. The number of hydrogen-bond acceptors (Lipinski definition) is 3. The Kier molecular flexibility index (Phi) is 9.99. The van der Waals surface area contributed by atoms with Crippen molar-refractivity contribution in [2.75, 3.05) is 40.4 Å². The second kappa shape index (κ2) is 10.1. The van der Waals surface area contributed by atoms with Crippen molar-refractivity contribution < 1.29 is 4.74 Å². The smallest absolute Gasteiger partial charge is 0.0474 e. The number of methoxy groups -OCH3 is 1. The van der Waals surface area contributed by atoms with E-state index in [9.17, 15) is 0 Å². The van der Waals surface area contributed by atoms with E-state index >= 15 is 0 Å². The Labute approximate surface area is 102 Å². The summed E-state index contributed by atoms with van der Waals surface area (Å²) in [4.78, 5) is 2.43. The highest BCUT2D eigenvalue weighted by Gasteiger charge is 2.08. The van der Waals surface area contributed by atoms with Crippen molar-refractivity contribution >= 4 is 0 Å². The number of likely N-dealkylation sites (N-methyl/N-ethyl adjacent to an activating group) is 1. The predicted molar refractivity (Wildman–Crippen MR) is 70.9 cm³/mol. The first-order valence-corrected chi connectivity index (χ1v) is 6.47. The number of nitrogens with one attached hydrogen (secondary N) is 1. The zero-order chi connectivity index (χ0) is 12.4. The lowest BCUT2D eigenvalue weighted by atomic mass is 10.1. The van der Waals surface area contributed by atoms with Crippen LogP contribution in [0.3, 0.4) is 0 Å². The Hall–Kier alpha value is -0.120. The van der Waals surface area contributed by atoms with E-state index in [2.05, 4.69) is 38.0 Å². The van der Waals surface area contributed by atoms with Gasteiger partial charge in [0.1, 0.15) is 0 Å². The van der Waals surface area contributed by atoms with Crippen molar-refractivity contribution in [1.29, 1.82) is 0 Å². The molecule has 3 nitrogen and oxygen atoms in total. The molecule has 0 spiro atoms. The minimum Gasteiger partial charge on any atom is -0.385 e. The predicted octanol–water partition coefficient (Wildman–Crippen LogP) is 1.98. The maximum Gasteiger partial charge on any atom is 0.0474 e. The molecule has 0 radical (unpaired) electrons. The average molecular weight is 230 g/mol. The highest BCUT2D eigenvalue weighted by molar-refractivity contribution is 4.66. The number of hydrogen-bond donors (Lipinski definition) is 1. The van der Waals surface area contributed by atoms with Gasteiger partial charge in [0.05, 0.1) is 0 Å². The molecule has 1 N–H and O–H groups in total. The van der Waals surface area contributed by atoms with Gasteiger partial charge in [0, 0.05) is 26.3 Å². The summed E-state index contributed by atoms with van der Waals surface area (Å²) in [5, 5.41) is 3.47. The van der Waals surface area contributed by atoms with Gasteiger partial charge in [-0.3, -0.25) is 0 Å². The minimum atomic E-state index is 0.612.